The fourth-order valence-electron chi connectivity index (χ4n) is 3.59. The summed E-state index contributed by atoms with van der Waals surface area (Å²) in [5.41, 5.74) is 1.18. The summed E-state index contributed by atoms with van der Waals surface area (Å²) in [7, 11) is -3.62. The number of hydrogen-bond donors (Lipinski definition) is 1. The Kier molecular flexibility index (Phi) is 6.98. The van der Waals surface area contributed by atoms with Gasteiger partial charge in [-0.3, -0.25) is 4.79 Å². The van der Waals surface area contributed by atoms with Crippen LogP contribution in [0.25, 0.3) is 0 Å². The minimum absolute atomic E-state index is 0.106. The van der Waals surface area contributed by atoms with Crippen molar-refractivity contribution < 1.29 is 13.2 Å². The van der Waals surface area contributed by atoms with Crippen LogP contribution in [0.4, 0.5) is 0 Å². The molecule has 1 N–H and O–H groups in total. The van der Waals surface area contributed by atoms with Crippen molar-refractivity contribution in [3.05, 3.63) is 64.7 Å². The summed E-state index contributed by atoms with van der Waals surface area (Å²) >= 11 is 6.27. The second-order valence-electron chi connectivity index (χ2n) is 7.82. The summed E-state index contributed by atoms with van der Waals surface area (Å²) in [6.45, 7) is 5.21. The number of amides is 1. The molecule has 29 heavy (non-hydrogen) atoms. The third-order valence-electron chi connectivity index (χ3n) is 5.10. The Balaban J connectivity index is 1.88. The van der Waals surface area contributed by atoms with Crippen molar-refractivity contribution in [3.8, 4) is 0 Å². The fraction of sp³-hybridized carbons (Fsp3) is 0.409. The first-order chi connectivity index (χ1) is 13.8. The second-order valence-corrected chi connectivity index (χ2v) is 10.2. The summed E-state index contributed by atoms with van der Waals surface area (Å²) in [6.07, 6.45) is 2.47. The van der Waals surface area contributed by atoms with Crippen molar-refractivity contribution in [2.75, 3.05) is 13.1 Å². The van der Waals surface area contributed by atoms with Gasteiger partial charge in [-0.25, -0.2) is 8.42 Å². The Bertz CT molecular complexity index is 955. The molecule has 2 aromatic rings. The number of benzene rings is 2. The van der Waals surface area contributed by atoms with Crippen LogP contribution in [0.3, 0.4) is 0 Å². The predicted octanol–water partition coefficient (Wildman–Crippen LogP) is 4.64. The molecule has 7 heteroatoms. The van der Waals surface area contributed by atoms with Gasteiger partial charge >= 0.3 is 0 Å². The van der Waals surface area contributed by atoms with Gasteiger partial charge in [-0.2, -0.15) is 4.31 Å². The minimum Gasteiger partial charge on any atom is -0.345 e. The molecule has 1 saturated heterocycles. The molecular weight excluding hydrogens is 408 g/mol. The Labute approximate surface area is 178 Å². The summed E-state index contributed by atoms with van der Waals surface area (Å²) < 4.78 is 27.2. The monoisotopic (exact) mass is 434 g/mol. The highest BCUT2D eigenvalue weighted by molar-refractivity contribution is 7.89. The smallest absolute Gasteiger partial charge is 0.253 e. The number of nitrogens with zero attached hydrogens (tertiary/aromatic N) is 1. The third-order valence-corrected chi connectivity index (χ3v) is 7.32. The molecule has 0 unspecified atom stereocenters. The average Bonchev–Trinajstić information content (AvgIpc) is 3.23. The molecule has 156 valence electrons. The van der Waals surface area contributed by atoms with Gasteiger partial charge in [-0.05, 0) is 48.9 Å². The van der Waals surface area contributed by atoms with E-state index in [-0.39, 0.29) is 27.4 Å². The van der Waals surface area contributed by atoms with Crippen molar-refractivity contribution in [1.82, 2.24) is 9.62 Å². The Morgan fingerprint density at radius 2 is 1.76 bits per heavy atom. The predicted molar refractivity (Wildman–Crippen MR) is 116 cm³/mol. The van der Waals surface area contributed by atoms with Crippen molar-refractivity contribution in [2.24, 2.45) is 5.92 Å². The number of carbonyl (C=O) groups excluding carboxylic acids is 1. The zero-order valence-corrected chi connectivity index (χ0v) is 18.3. The SMILES string of the molecule is CC(C)C[C@H](NC(=O)c1cc(S(=O)(=O)N2CCCC2)ccc1Cl)c1ccccc1. The molecule has 1 fully saturated rings. The molecule has 3 rings (SSSR count). The van der Waals surface area contributed by atoms with Gasteiger partial charge in [0.2, 0.25) is 10.0 Å². The lowest BCUT2D eigenvalue weighted by molar-refractivity contribution is 0.0932. The Morgan fingerprint density at radius 3 is 2.38 bits per heavy atom. The highest BCUT2D eigenvalue weighted by atomic mass is 35.5. The first-order valence-electron chi connectivity index (χ1n) is 9.94. The van der Waals surface area contributed by atoms with E-state index in [0.29, 0.717) is 19.0 Å². The van der Waals surface area contributed by atoms with E-state index in [4.69, 9.17) is 11.6 Å². The number of hydrogen-bond acceptors (Lipinski definition) is 3. The molecule has 1 atom stereocenters. The van der Waals surface area contributed by atoms with Gasteiger partial charge in [0.05, 0.1) is 21.5 Å². The van der Waals surface area contributed by atoms with Gasteiger partial charge in [-0.15, -0.1) is 0 Å². The third kappa shape index (κ3) is 5.18. The van der Waals surface area contributed by atoms with Crippen LogP contribution < -0.4 is 5.32 Å². The van der Waals surface area contributed by atoms with Gasteiger partial charge in [0.25, 0.3) is 5.91 Å². The quantitative estimate of drug-likeness (QED) is 0.690. The first kappa shape index (κ1) is 21.8. The summed E-state index contributed by atoms with van der Waals surface area (Å²) in [5.74, 6) is 0.000770. The van der Waals surface area contributed by atoms with Crippen LogP contribution in [0.5, 0.6) is 0 Å². The van der Waals surface area contributed by atoms with Crippen molar-refractivity contribution >= 4 is 27.5 Å². The van der Waals surface area contributed by atoms with Gasteiger partial charge in [-0.1, -0.05) is 55.8 Å². The van der Waals surface area contributed by atoms with E-state index in [1.165, 1.54) is 22.5 Å². The van der Waals surface area contributed by atoms with Crippen LogP contribution in [0, 0.1) is 5.92 Å². The molecule has 0 saturated carbocycles. The van der Waals surface area contributed by atoms with Crippen molar-refractivity contribution in [2.45, 2.75) is 44.0 Å². The topological polar surface area (TPSA) is 66.5 Å². The van der Waals surface area contributed by atoms with Gasteiger partial charge in [0.15, 0.2) is 0 Å². The molecule has 1 amide bonds. The van der Waals surface area contributed by atoms with Gasteiger partial charge < -0.3 is 5.32 Å². The second kappa shape index (κ2) is 9.28. The standard InChI is InChI=1S/C22H27ClN2O3S/c1-16(2)14-21(17-8-4-3-5-9-17)24-22(26)19-15-18(10-11-20(19)23)29(27,28)25-12-6-7-13-25/h3-5,8-11,15-16,21H,6-7,12-14H2,1-2H3,(H,24,26)/t21-/m0/s1. The number of carbonyl (C=O) groups is 1. The molecular formula is C22H27ClN2O3S. The maximum absolute atomic E-state index is 13.0. The lowest BCUT2D eigenvalue weighted by Gasteiger charge is -2.22. The van der Waals surface area contributed by atoms with E-state index < -0.39 is 10.0 Å². The molecule has 0 aromatic heterocycles. The zero-order chi connectivity index (χ0) is 21.0. The maximum Gasteiger partial charge on any atom is 0.253 e. The lowest BCUT2D eigenvalue weighted by Crippen LogP contribution is -2.31. The van der Waals surface area contributed by atoms with Crippen LogP contribution in [0.15, 0.2) is 53.4 Å². The molecule has 2 aromatic carbocycles. The summed E-state index contributed by atoms with van der Waals surface area (Å²) in [6, 6.07) is 13.9. The molecule has 0 spiro atoms. The molecule has 1 heterocycles. The van der Waals surface area contributed by atoms with Crippen LogP contribution in [0.1, 0.15) is 55.1 Å². The van der Waals surface area contributed by atoms with Crippen molar-refractivity contribution in [1.29, 1.82) is 0 Å². The van der Waals surface area contributed by atoms with Gasteiger partial charge in [0.1, 0.15) is 0 Å². The molecule has 5 nitrogen and oxygen atoms in total. The molecule has 0 bridgehead atoms. The highest BCUT2D eigenvalue weighted by Crippen LogP contribution is 2.27. The van der Waals surface area contributed by atoms with E-state index in [9.17, 15) is 13.2 Å². The Hall–Kier alpha value is -1.89. The van der Waals surface area contributed by atoms with Crippen molar-refractivity contribution in [3.63, 3.8) is 0 Å². The average molecular weight is 435 g/mol. The minimum atomic E-state index is -3.62. The molecule has 0 radical (unpaired) electrons. The maximum atomic E-state index is 13.0. The van der Waals surface area contributed by atoms with Crippen LogP contribution >= 0.6 is 11.6 Å². The van der Waals surface area contributed by atoms with Crippen LogP contribution in [-0.2, 0) is 10.0 Å². The lowest BCUT2D eigenvalue weighted by atomic mass is 9.96. The number of rotatable bonds is 7. The molecule has 1 aliphatic heterocycles. The van der Waals surface area contributed by atoms with E-state index in [0.717, 1.165) is 24.8 Å². The highest BCUT2D eigenvalue weighted by Gasteiger charge is 2.28. The molecule has 1 aliphatic rings. The van der Waals surface area contributed by atoms with E-state index in [1.807, 2.05) is 30.3 Å². The van der Waals surface area contributed by atoms with Crippen LogP contribution in [0.2, 0.25) is 5.02 Å². The number of nitrogens with one attached hydrogen (secondary N) is 1. The number of sulfonamides is 1. The van der Waals surface area contributed by atoms with E-state index >= 15 is 0 Å². The zero-order valence-electron chi connectivity index (χ0n) is 16.8. The van der Waals surface area contributed by atoms with E-state index in [2.05, 4.69) is 19.2 Å². The normalized spacial score (nSPS) is 16.1. The largest absolute Gasteiger partial charge is 0.345 e. The Morgan fingerprint density at radius 1 is 1.10 bits per heavy atom. The summed E-state index contributed by atoms with van der Waals surface area (Å²) in [4.78, 5) is 13.1. The first-order valence-corrected chi connectivity index (χ1v) is 11.8. The molecule has 0 aliphatic carbocycles. The fourth-order valence-corrected chi connectivity index (χ4v) is 5.33. The van der Waals surface area contributed by atoms with Gasteiger partial charge in [0, 0.05) is 13.1 Å². The van der Waals surface area contributed by atoms with Crippen LogP contribution in [-0.4, -0.2) is 31.7 Å². The number of halogens is 1. The summed E-state index contributed by atoms with van der Waals surface area (Å²) in [5, 5.41) is 3.27. The van der Waals surface area contributed by atoms with E-state index in [1.54, 1.807) is 0 Å².